The largest absolute Gasteiger partial charge is 0.489 e. The van der Waals surface area contributed by atoms with E-state index in [1.807, 2.05) is 0 Å². The van der Waals surface area contributed by atoms with Crippen LogP contribution in [0.2, 0.25) is 0 Å². The van der Waals surface area contributed by atoms with Gasteiger partial charge in [-0.15, -0.1) is 0 Å². The van der Waals surface area contributed by atoms with Crippen molar-refractivity contribution < 1.29 is 21.9 Å². The van der Waals surface area contributed by atoms with Gasteiger partial charge in [0.2, 0.25) is 0 Å². The second-order valence-electron chi connectivity index (χ2n) is 4.48. The Bertz CT molecular complexity index is 548. The summed E-state index contributed by atoms with van der Waals surface area (Å²) < 4.78 is 53.6. The van der Waals surface area contributed by atoms with Crippen LogP contribution in [-0.2, 0) is 9.84 Å². The van der Waals surface area contributed by atoms with Gasteiger partial charge in [-0.1, -0.05) is 0 Å². The van der Waals surface area contributed by atoms with Gasteiger partial charge in [0.05, 0.1) is 11.5 Å². The molecular weight excluding hydrogens is 276 g/mol. The summed E-state index contributed by atoms with van der Waals surface area (Å²) in [5.41, 5.74) is 0. The van der Waals surface area contributed by atoms with Crippen LogP contribution in [0.1, 0.15) is 6.42 Å². The molecule has 19 heavy (non-hydrogen) atoms. The van der Waals surface area contributed by atoms with Crippen LogP contribution in [0, 0.1) is 11.6 Å². The molecule has 0 radical (unpaired) electrons. The lowest BCUT2D eigenvalue weighted by atomic mass is 10.3. The first-order valence-electron chi connectivity index (χ1n) is 5.98. The topological polar surface area (TPSA) is 55.4 Å². The van der Waals surface area contributed by atoms with E-state index in [1.54, 1.807) is 0 Å². The molecule has 1 N–H and O–H groups in total. The molecule has 1 aromatic carbocycles. The summed E-state index contributed by atoms with van der Waals surface area (Å²) >= 11 is 0. The molecule has 7 heteroatoms. The SMILES string of the molecule is O=S1(=O)CCC(NCCOc2cc(F)ccc2F)C1. The van der Waals surface area contributed by atoms with Gasteiger partial charge in [0.25, 0.3) is 0 Å². The van der Waals surface area contributed by atoms with E-state index in [4.69, 9.17) is 4.74 Å². The average molecular weight is 291 g/mol. The van der Waals surface area contributed by atoms with Crippen molar-refractivity contribution in [3.8, 4) is 5.75 Å². The van der Waals surface area contributed by atoms with Gasteiger partial charge in [0.1, 0.15) is 12.4 Å². The maximum absolute atomic E-state index is 13.2. The summed E-state index contributed by atoms with van der Waals surface area (Å²) in [6.45, 7) is 0.535. The zero-order chi connectivity index (χ0) is 13.9. The zero-order valence-corrected chi connectivity index (χ0v) is 11.1. The molecule has 1 unspecified atom stereocenters. The molecule has 106 valence electrons. The highest BCUT2D eigenvalue weighted by Crippen LogP contribution is 2.17. The first kappa shape index (κ1) is 14.2. The van der Waals surface area contributed by atoms with E-state index in [0.29, 0.717) is 13.0 Å². The number of benzene rings is 1. The third-order valence-corrected chi connectivity index (χ3v) is 4.69. The Labute approximate surface area is 110 Å². The Morgan fingerprint density at radius 2 is 2.16 bits per heavy atom. The molecule has 1 heterocycles. The molecular formula is C12H15F2NO3S. The van der Waals surface area contributed by atoms with Crippen molar-refractivity contribution in [1.82, 2.24) is 5.32 Å². The van der Waals surface area contributed by atoms with Crippen LogP contribution in [0.3, 0.4) is 0 Å². The molecule has 1 saturated heterocycles. The normalized spacial score (nSPS) is 21.5. The Morgan fingerprint density at radius 3 is 2.84 bits per heavy atom. The molecule has 1 aliphatic heterocycles. The van der Waals surface area contributed by atoms with Crippen LogP contribution in [0.15, 0.2) is 18.2 Å². The molecule has 1 fully saturated rings. The Hall–Kier alpha value is -1.21. The lowest BCUT2D eigenvalue weighted by Crippen LogP contribution is -2.33. The van der Waals surface area contributed by atoms with Crippen LogP contribution in [0.4, 0.5) is 8.78 Å². The standard InChI is InChI=1S/C12H15F2NO3S/c13-9-1-2-11(14)12(7-9)18-5-4-15-10-3-6-19(16,17)8-10/h1-2,7,10,15H,3-6,8H2. The van der Waals surface area contributed by atoms with Crippen molar-refractivity contribution in [1.29, 1.82) is 0 Å². The minimum absolute atomic E-state index is 0.0778. The summed E-state index contributed by atoms with van der Waals surface area (Å²) in [6.07, 6.45) is 0.580. The number of halogens is 2. The fraction of sp³-hybridized carbons (Fsp3) is 0.500. The molecule has 0 amide bonds. The van der Waals surface area contributed by atoms with E-state index in [0.717, 1.165) is 18.2 Å². The molecule has 0 aliphatic carbocycles. The number of nitrogens with one attached hydrogen (secondary N) is 1. The Morgan fingerprint density at radius 1 is 1.37 bits per heavy atom. The highest BCUT2D eigenvalue weighted by molar-refractivity contribution is 7.91. The molecule has 1 aromatic rings. The highest BCUT2D eigenvalue weighted by Gasteiger charge is 2.27. The fourth-order valence-corrected chi connectivity index (χ4v) is 3.68. The van der Waals surface area contributed by atoms with E-state index in [2.05, 4.69) is 5.32 Å². The maximum atomic E-state index is 13.2. The van der Waals surface area contributed by atoms with Crippen molar-refractivity contribution >= 4 is 9.84 Å². The molecule has 0 bridgehead atoms. The van der Waals surface area contributed by atoms with Gasteiger partial charge in [0.15, 0.2) is 21.4 Å². The Balaban J connectivity index is 1.74. The zero-order valence-electron chi connectivity index (χ0n) is 10.2. The first-order chi connectivity index (χ1) is 8.96. The van der Waals surface area contributed by atoms with Crippen LogP contribution in [0.25, 0.3) is 0 Å². The third kappa shape index (κ3) is 4.14. The molecule has 0 aromatic heterocycles. The van der Waals surface area contributed by atoms with Crippen LogP contribution >= 0.6 is 0 Å². The van der Waals surface area contributed by atoms with E-state index >= 15 is 0 Å². The van der Waals surface area contributed by atoms with Gasteiger partial charge in [0, 0.05) is 18.7 Å². The maximum Gasteiger partial charge on any atom is 0.165 e. The smallest absolute Gasteiger partial charge is 0.165 e. The second-order valence-corrected chi connectivity index (χ2v) is 6.71. The summed E-state index contributed by atoms with van der Waals surface area (Å²) in [7, 11) is -2.91. The lowest BCUT2D eigenvalue weighted by molar-refractivity contribution is 0.291. The summed E-state index contributed by atoms with van der Waals surface area (Å²) in [4.78, 5) is 0. The second kappa shape index (κ2) is 5.83. The van der Waals surface area contributed by atoms with Gasteiger partial charge < -0.3 is 10.1 Å². The van der Waals surface area contributed by atoms with Gasteiger partial charge in [-0.3, -0.25) is 0 Å². The predicted molar refractivity (Wildman–Crippen MR) is 66.9 cm³/mol. The number of sulfone groups is 1. The molecule has 0 saturated carbocycles. The monoisotopic (exact) mass is 291 g/mol. The highest BCUT2D eigenvalue weighted by atomic mass is 32.2. The first-order valence-corrected chi connectivity index (χ1v) is 7.80. The summed E-state index contributed by atoms with van der Waals surface area (Å²) in [6, 6.07) is 2.92. The van der Waals surface area contributed by atoms with E-state index in [1.165, 1.54) is 0 Å². The van der Waals surface area contributed by atoms with Gasteiger partial charge >= 0.3 is 0 Å². The minimum atomic E-state index is -2.91. The summed E-state index contributed by atoms with van der Waals surface area (Å²) in [5.74, 6) is -0.998. The predicted octanol–water partition coefficient (Wildman–Crippen LogP) is 1.12. The molecule has 1 aliphatic rings. The van der Waals surface area contributed by atoms with Gasteiger partial charge in [-0.2, -0.15) is 0 Å². The van der Waals surface area contributed by atoms with Gasteiger partial charge in [-0.05, 0) is 18.6 Å². The molecule has 1 atom stereocenters. The number of rotatable bonds is 5. The number of hydrogen-bond donors (Lipinski definition) is 1. The minimum Gasteiger partial charge on any atom is -0.489 e. The molecule has 0 spiro atoms. The van der Waals surface area contributed by atoms with Crippen molar-refractivity contribution in [2.75, 3.05) is 24.7 Å². The fourth-order valence-electron chi connectivity index (χ4n) is 1.97. The third-order valence-electron chi connectivity index (χ3n) is 2.92. The van der Waals surface area contributed by atoms with E-state index in [-0.39, 0.29) is 29.9 Å². The number of hydrogen-bond acceptors (Lipinski definition) is 4. The van der Waals surface area contributed by atoms with Crippen LogP contribution < -0.4 is 10.1 Å². The van der Waals surface area contributed by atoms with Crippen molar-refractivity contribution in [2.24, 2.45) is 0 Å². The van der Waals surface area contributed by atoms with Crippen molar-refractivity contribution in [3.05, 3.63) is 29.8 Å². The average Bonchev–Trinajstić information content (AvgIpc) is 2.69. The molecule has 4 nitrogen and oxygen atoms in total. The van der Waals surface area contributed by atoms with Crippen LogP contribution in [0.5, 0.6) is 5.75 Å². The van der Waals surface area contributed by atoms with Crippen molar-refractivity contribution in [3.63, 3.8) is 0 Å². The lowest BCUT2D eigenvalue weighted by Gasteiger charge is -2.11. The molecule has 2 rings (SSSR count). The van der Waals surface area contributed by atoms with E-state index < -0.39 is 21.5 Å². The Kier molecular flexibility index (Phi) is 4.36. The quantitative estimate of drug-likeness (QED) is 0.826. The van der Waals surface area contributed by atoms with Gasteiger partial charge in [-0.25, -0.2) is 17.2 Å². The number of ether oxygens (including phenoxy) is 1. The van der Waals surface area contributed by atoms with Crippen LogP contribution in [-0.4, -0.2) is 39.1 Å². The van der Waals surface area contributed by atoms with Crippen molar-refractivity contribution in [2.45, 2.75) is 12.5 Å². The van der Waals surface area contributed by atoms with E-state index in [9.17, 15) is 17.2 Å². The summed E-state index contributed by atoms with van der Waals surface area (Å²) in [5, 5.41) is 3.02.